The van der Waals surface area contributed by atoms with Crippen LogP contribution in [0.2, 0.25) is 5.02 Å². The standard InChI is InChI=1S/C20H17ClF3N3O/c21-14-9-7-13(8-10-14)18(12-5-6-12)26-17(28)11-27-16-4-2-1-3-15(16)25-19(27)20(22,23)24/h1-4,7-10,12,18H,5-6,11H2,(H,26,28). The molecule has 2 aromatic carbocycles. The zero-order valence-electron chi connectivity index (χ0n) is 14.7. The molecule has 0 aliphatic heterocycles. The Bertz CT molecular complexity index is 1010. The van der Waals surface area contributed by atoms with Gasteiger partial charge in [0.2, 0.25) is 11.7 Å². The van der Waals surface area contributed by atoms with Crippen molar-refractivity contribution >= 4 is 28.5 Å². The van der Waals surface area contributed by atoms with Crippen LogP contribution >= 0.6 is 11.6 Å². The van der Waals surface area contributed by atoms with Crippen LogP contribution in [0.15, 0.2) is 48.5 Å². The Morgan fingerprint density at radius 3 is 2.50 bits per heavy atom. The van der Waals surface area contributed by atoms with Gasteiger partial charge in [-0.3, -0.25) is 4.79 Å². The fraction of sp³-hybridized carbons (Fsp3) is 0.300. The molecule has 4 rings (SSSR count). The van der Waals surface area contributed by atoms with Gasteiger partial charge in [-0.25, -0.2) is 4.98 Å². The van der Waals surface area contributed by atoms with Gasteiger partial charge in [-0.1, -0.05) is 35.9 Å². The molecular weight excluding hydrogens is 391 g/mol. The first-order chi connectivity index (χ1) is 13.3. The summed E-state index contributed by atoms with van der Waals surface area (Å²) in [4.78, 5) is 16.3. The van der Waals surface area contributed by atoms with Gasteiger partial charge >= 0.3 is 6.18 Å². The Balaban J connectivity index is 1.60. The summed E-state index contributed by atoms with van der Waals surface area (Å²) in [6.45, 7) is -0.452. The highest BCUT2D eigenvalue weighted by molar-refractivity contribution is 6.30. The Hall–Kier alpha value is -2.54. The second-order valence-corrected chi connectivity index (χ2v) is 7.38. The van der Waals surface area contributed by atoms with Crippen molar-refractivity contribution in [2.24, 2.45) is 5.92 Å². The van der Waals surface area contributed by atoms with Crippen LogP contribution in [0, 0.1) is 5.92 Å². The molecule has 28 heavy (non-hydrogen) atoms. The molecule has 0 radical (unpaired) electrons. The summed E-state index contributed by atoms with van der Waals surface area (Å²) >= 11 is 5.92. The molecule has 1 aliphatic rings. The molecule has 146 valence electrons. The smallest absolute Gasteiger partial charge is 0.347 e. The van der Waals surface area contributed by atoms with Crippen LogP contribution in [-0.4, -0.2) is 15.5 Å². The number of nitrogens with zero attached hydrogens (tertiary/aromatic N) is 2. The Morgan fingerprint density at radius 1 is 1.18 bits per heavy atom. The molecule has 1 unspecified atom stereocenters. The van der Waals surface area contributed by atoms with Crippen molar-refractivity contribution in [2.75, 3.05) is 0 Å². The normalized spacial score (nSPS) is 15.6. The summed E-state index contributed by atoms with van der Waals surface area (Å²) in [5.74, 6) is -1.27. The molecule has 8 heteroatoms. The maximum Gasteiger partial charge on any atom is 0.449 e. The molecule has 0 spiro atoms. The number of carbonyl (C=O) groups excluding carboxylic acids is 1. The van der Waals surface area contributed by atoms with Crippen LogP contribution in [0.1, 0.15) is 30.3 Å². The fourth-order valence-electron chi connectivity index (χ4n) is 3.39. The van der Waals surface area contributed by atoms with Gasteiger partial charge in [0.1, 0.15) is 6.54 Å². The van der Waals surface area contributed by atoms with Crippen LogP contribution in [0.3, 0.4) is 0 Å². The number of fused-ring (bicyclic) bond motifs is 1. The molecule has 0 bridgehead atoms. The van der Waals surface area contributed by atoms with Crippen LogP contribution in [0.4, 0.5) is 13.2 Å². The minimum atomic E-state index is -4.65. The van der Waals surface area contributed by atoms with E-state index in [2.05, 4.69) is 10.3 Å². The highest BCUT2D eigenvalue weighted by Gasteiger charge is 2.38. The average molecular weight is 408 g/mol. The van der Waals surface area contributed by atoms with Crippen molar-refractivity contribution in [3.8, 4) is 0 Å². The highest BCUT2D eigenvalue weighted by Crippen LogP contribution is 2.41. The first-order valence-corrected chi connectivity index (χ1v) is 9.28. The van der Waals surface area contributed by atoms with Crippen LogP contribution < -0.4 is 5.32 Å². The quantitative estimate of drug-likeness (QED) is 0.648. The van der Waals surface area contributed by atoms with E-state index in [1.165, 1.54) is 12.1 Å². The van der Waals surface area contributed by atoms with Gasteiger partial charge < -0.3 is 9.88 Å². The number of hydrogen-bond donors (Lipinski definition) is 1. The minimum Gasteiger partial charge on any atom is -0.347 e. The number of rotatable bonds is 5. The summed E-state index contributed by atoms with van der Waals surface area (Å²) in [6, 6.07) is 13.2. The second kappa shape index (κ2) is 7.13. The topological polar surface area (TPSA) is 46.9 Å². The lowest BCUT2D eigenvalue weighted by molar-refractivity contribution is -0.147. The van der Waals surface area contributed by atoms with Gasteiger partial charge in [0.25, 0.3) is 0 Å². The van der Waals surface area contributed by atoms with Crippen molar-refractivity contribution in [1.82, 2.24) is 14.9 Å². The summed E-state index contributed by atoms with van der Waals surface area (Å²) in [7, 11) is 0. The van der Waals surface area contributed by atoms with Gasteiger partial charge in [0.15, 0.2) is 0 Å². The van der Waals surface area contributed by atoms with Gasteiger partial charge in [0.05, 0.1) is 17.1 Å². The number of para-hydroxylation sites is 2. The predicted octanol–water partition coefficient (Wildman–Crippen LogP) is 4.98. The fourth-order valence-corrected chi connectivity index (χ4v) is 3.51. The monoisotopic (exact) mass is 407 g/mol. The van der Waals surface area contributed by atoms with Gasteiger partial charge in [-0.05, 0) is 48.6 Å². The number of alkyl halides is 3. The van der Waals surface area contributed by atoms with E-state index in [9.17, 15) is 18.0 Å². The molecule has 0 saturated heterocycles. The molecule has 1 aliphatic carbocycles. The predicted molar refractivity (Wildman–Crippen MR) is 99.8 cm³/mol. The Morgan fingerprint density at radius 2 is 1.86 bits per heavy atom. The number of imidazole rings is 1. The number of aromatic nitrogens is 2. The average Bonchev–Trinajstić information content (AvgIpc) is 3.42. The van der Waals surface area contributed by atoms with Gasteiger partial charge in [0, 0.05) is 5.02 Å². The molecule has 3 aromatic rings. The second-order valence-electron chi connectivity index (χ2n) is 6.94. The third-order valence-corrected chi connectivity index (χ3v) is 5.10. The maximum atomic E-state index is 13.4. The Kier molecular flexibility index (Phi) is 4.79. The third kappa shape index (κ3) is 3.85. The first kappa shape index (κ1) is 18.8. The summed E-state index contributed by atoms with van der Waals surface area (Å²) < 4.78 is 41.2. The molecule has 1 saturated carbocycles. The van der Waals surface area contributed by atoms with E-state index >= 15 is 0 Å². The van der Waals surface area contributed by atoms with E-state index in [1.54, 1.807) is 24.3 Å². The summed E-state index contributed by atoms with van der Waals surface area (Å²) in [5, 5.41) is 3.49. The van der Waals surface area contributed by atoms with Crippen molar-refractivity contribution in [3.63, 3.8) is 0 Å². The van der Waals surface area contributed by atoms with E-state index < -0.39 is 24.5 Å². The molecule has 4 nitrogen and oxygen atoms in total. The number of carbonyl (C=O) groups is 1. The zero-order valence-corrected chi connectivity index (χ0v) is 15.5. The Labute approximate surface area is 164 Å². The van der Waals surface area contributed by atoms with E-state index in [0.29, 0.717) is 5.02 Å². The number of nitrogens with one attached hydrogen (secondary N) is 1. The largest absolute Gasteiger partial charge is 0.449 e. The maximum absolute atomic E-state index is 13.4. The van der Waals surface area contributed by atoms with Crippen molar-refractivity contribution in [2.45, 2.75) is 31.6 Å². The van der Waals surface area contributed by atoms with E-state index in [1.807, 2.05) is 12.1 Å². The molecule has 1 amide bonds. The number of hydrogen-bond acceptors (Lipinski definition) is 2. The van der Waals surface area contributed by atoms with Crippen molar-refractivity contribution in [3.05, 3.63) is 64.9 Å². The highest BCUT2D eigenvalue weighted by atomic mass is 35.5. The SMILES string of the molecule is O=C(Cn1c(C(F)(F)F)nc2ccccc21)NC(c1ccc(Cl)cc1)C1CC1. The van der Waals surface area contributed by atoms with Crippen LogP contribution in [0.5, 0.6) is 0 Å². The first-order valence-electron chi connectivity index (χ1n) is 8.90. The summed E-state index contributed by atoms with van der Waals surface area (Å²) in [5.41, 5.74) is 1.38. The molecule has 1 aromatic heterocycles. The third-order valence-electron chi connectivity index (χ3n) is 4.85. The number of amides is 1. The van der Waals surface area contributed by atoms with Crippen molar-refractivity contribution in [1.29, 1.82) is 0 Å². The van der Waals surface area contributed by atoms with Crippen molar-refractivity contribution < 1.29 is 18.0 Å². The lowest BCUT2D eigenvalue weighted by atomic mass is 10.0. The zero-order chi connectivity index (χ0) is 19.9. The molecular formula is C20H17ClF3N3O. The lowest BCUT2D eigenvalue weighted by Crippen LogP contribution is -2.33. The van der Waals surface area contributed by atoms with E-state index in [0.717, 1.165) is 23.0 Å². The van der Waals surface area contributed by atoms with Gasteiger partial charge in [-0.2, -0.15) is 13.2 Å². The summed E-state index contributed by atoms with van der Waals surface area (Å²) in [6.07, 6.45) is -2.71. The van der Waals surface area contributed by atoms with Crippen LogP contribution in [-0.2, 0) is 17.5 Å². The van der Waals surface area contributed by atoms with E-state index in [4.69, 9.17) is 11.6 Å². The molecule has 1 heterocycles. The lowest BCUT2D eigenvalue weighted by Gasteiger charge is -2.20. The number of halogens is 4. The van der Waals surface area contributed by atoms with Crippen LogP contribution in [0.25, 0.3) is 11.0 Å². The van der Waals surface area contributed by atoms with Gasteiger partial charge in [-0.15, -0.1) is 0 Å². The van der Waals surface area contributed by atoms with E-state index in [-0.39, 0.29) is 23.0 Å². The number of benzene rings is 2. The molecule has 1 atom stereocenters. The molecule has 1 N–H and O–H groups in total. The molecule has 1 fully saturated rings. The minimum absolute atomic E-state index is 0.207.